The number of Topliss-reactive ketones (excluding diaryl/α,β-unsaturated/α-hetero) is 1. The van der Waals surface area contributed by atoms with Crippen molar-refractivity contribution in [2.45, 2.75) is 19.8 Å². The van der Waals surface area contributed by atoms with Crippen molar-refractivity contribution in [1.29, 1.82) is 0 Å². The molecule has 0 aliphatic heterocycles. The molecule has 1 aromatic carbocycles. The van der Waals surface area contributed by atoms with Gasteiger partial charge in [-0.3, -0.25) is 4.79 Å². The molecule has 0 N–H and O–H groups in total. The fourth-order valence-electron chi connectivity index (χ4n) is 1.90. The summed E-state index contributed by atoms with van der Waals surface area (Å²) in [5.74, 6) is 1.02. The SMILES string of the molecule is Cc1cc(Cl)cc(C(=O)CCc2nccn2C)c1. The van der Waals surface area contributed by atoms with Crippen molar-refractivity contribution in [2.75, 3.05) is 0 Å². The minimum absolute atomic E-state index is 0.101. The summed E-state index contributed by atoms with van der Waals surface area (Å²) in [5, 5.41) is 0.607. The molecule has 18 heavy (non-hydrogen) atoms. The standard InChI is InChI=1S/C14H15ClN2O/c1-10-7-11(9-12(15)8-10)13(18)3-4-14-16-5-6-17(14)2/h5-9H,3-4H2,1-2H3. The molecule has 0 aliphatic rings. The Hall–Kier alpha value is -1.61. The van der Waals surface area contributed by atoms with Gasteiger partial charge in [0, 0.05) is 42.9 Å². The van der Waals surface area contributed by atoms with E-state index in [1.165, 1.54) is 0 Å². The van der Waals surface area contributed by atoms with Crippen molar-refractivity contribution in [1.82, 2.24) is 9.55 Å². The number of halogens is 1. The van der Waals surface area contributed by atoms with Gasteiger partial charge in [0.2, 0.25) is 0 Å². The molecule has 1 heterocycles. The lowest BCUT2D eigenvalue weighted by Gasteiger charge is -2.04. The zero-order valence-corrected chi connectivity index (χ0v) is 11.2. The first-order valence-corrected chi connectivity index (χ1v) is 6.20. The highest BCUT2D eigenvalue weighted by molar-refractivity contribution is 6.31. The highest BCUT2D eigenvalue weighted by atomic mass is 35.5. The molecule has 2 rings (SSSR count). The van der Waals surface area contributed by atoms with Gasteiger partial charge >= 0.3 is 0 Å². The molecular weight excluding hydrogens is 248 g/mol. The molecule has 0 amide bonds. The molecule has 0 saturated carbocycles. The van der Waals surface area contributed by atoms with Crippen molar-refractivity contribution in [3.05, 3.63) is 52.6 Å². The zero-order valence-electron chi connectivity index (χ0n) is 10.5. The molecule has 0 aliphatic carbocycles. The number of nitrogens with zero attached hydrogens (tertiary/aromatic N) is 2. The Bertz CT molecular complexity index is 555. The maximum atomic E-state index is 12.1. The summed E-state index contributed by atoms with van der Waals surface area (Å²) in [5.41, 5.74) is 1.68. The van der Waals surface area contributed by atoms with Crippen LogP contribution < -0.4 is 0 Å². The molecule has 0 radical (unpaired) electrons. The molecule has 0 atom stereocenters. The fourth-order valence-corrected chi connectivity index (χ4v) is 2.19. The number of aromatic nitrogens is 2. The molecule has 1 aromatic heterocycles. The van der Waals surface area contributed by atoms with Crippen LogP contribution in [0.5, 0.6) is 0 Å². The maximum absolute atomic E-state index is 12.1. The van der Waals surface area contributed by atoms with E-state index in [2.05, 4.69) is 4.98 Å². The lowest BCUT2D eigenvalue weighted by Crippen LogP contribution is -2.05. The van der Waals surface area contributed by atoms with Gasteiger partial charge in [-0.15, -0.1) is 0 Å². The van der Waals surface area contributed by atoms with Crippen LogP contribution in [0.2, 0.25) is 5.02 Å². The summed E-state index contributed by atoms with van der Waals surface area (Å²) >= 11 is 5.95. The number of hydrogen-bond acceptors (Lipinski definition) is 2. The summed E-state index contributed by atoms with van der Waals surface area (Å²) < 4.78 is 1.93. The highest BCUT2D eigenvalue weighted by Gasteiger charge is 2.09. The third-order valence-electron chi connectivity index (χ3n) is 2.86. The third-order valence-corrected chi connectivity index (χ3v) is 3.08. The zero-order chi connectivity index (χ0) is 13.1. The summed E-state index contributed by atoms with van der Waals surface area (Å²) in [7, 11) is 1.93. The molecule has 0 fully saturated rings. The van der Waals surface area contributed by atoms with Crippen molar-refractivity contribution in [2.24, 2.45) is 7.05 Å². The topological polar surface area (TPSA) is 34.9 Å². The molecular formula is C14H15ClN2O. The Balaban J connectivity index is 2.06. The van der Waals surface area contributed by atoms with Gasteiger partial charge in [0.15, 0.2) is 5.78 Å². The molecule has 0 unspecified atom stereocenters. The van der Waals surface area contributed by atoms with E-state index in [1.807, 2.05) is 36.9 Å². The van der Waals surface area contributed by atoms with Crippen LogP contribution in [-0.4, -0.2) is 15.3 Å². The fraction of sp³-hybridized carbons (Fsp3) is 0.286. The number of hydrogen-bond donors (Lipinski definition) is 0. The number of ketones is 1. The monoisotopic (exact) mass is 262 g/mol. The number of rotatable bonds is 4. The van der Waals surface area contributed by atoms with Crippen LogP contribution in [0.1, 0.15) is 28.2 Å². The summed E-state index contributed by atoms with van der Waals surface area (Å²) in [6.07, 6.45) is 4.71. The Morgan fingerprint density at radius 1 is 1.39 bits per heavy atom. The minimum atomic E-state index is 0.101. The summed E-state index contributed by atoms with van der Waals surface area (Å²) in [4.78, 5) is 16.3. The normalized spacial score (nSPS) is 10.6. The van der Waals surface area contributed by atoms with E-state index >= 15 is 0 Å². The quantitative estimate of drug-likeness (QED) is 0.793. The Kier molecular flexibility index (Phi) is 3.82. The van der Waals surface area contributed by atoms with E-state index in [4.69, 9.17) is 11.6 Å². The van der Waals surface area contributed by atoms with Gasteiger partial charge in [0.1, 0.15) is 5.82 Å². The minimum Gasteiger partial charge on any atom is -0.338 e. The van der Waals surface area contributed by atoms with Crippen LogP contribution in [0.15, 0.2) is 30.6 Å². The van der Waals surface area contributed by atoms with Crippen LogP contribution in [0, 0.1) is 6.92 Å². The van der Waals surface area contributed by atoms with Gasteiger partial charge in [0.05, 0.1) is 0 Å². The third kappa shape index (κ3) is 2.99. The number of carbonyl (C=O) groups excluding carboxylic acids is 1. The van der Waals surface area contributed by atoms with E-state index in [0.717, 1.165) is 11.4 Å². The van der Waals surface area contributed by atoms with Crippen molar-refractivity contribution < 1.29 is 4.79 Å². The molecule has 3 nitrogen and oxygen atoms in total. The van der Waals surface area contributed by atoms with Gasteiger partial charge < -0.3 is 4.57 Å². The van der Waals surface area contributed by atoms with Gasteiger partial charge in [-0.2, -0.15) is 0 Å². The van der Waals surface area contributed by atoms with E-state index < -0.39 is 0 Å². The molecule has 2 aromatic rings. The largest absolute Gasteiger partial charge is 0.338 e. The Morgan fingerprint density at radius 2 is 2.17 bits per heavy atom. The summed E-state index contributed by atoms with van der Waals surface area (Å²) in [6, 6.07) is 5.43. The van der Waals surface area contributed by atoms with Crippen molar-refractivity contribution >= 4 is 17.4 Å². The van der Waals surface area contributed by atoms with Crippen LogP contribution in [0.3, 0.4) is 0 Å². The van der Waals surface area contributed by atoms with E-state index in [9.17, 15) is 4.79 Å². The average molecular weight is 263 g/mol. The van der Waals surface area contributed by atoms with E-state index in [1.54, 1.807) is 12.3 Å². The second-order valence-corrected chi connectivity index (χ2v) is 4.83. The Labute approximate surface area is 111 Å². The van der Waals surface area contributed by atoms with Crippen LogP contribution in [-0.2, 0) is 13.5 Å². The van der Waals surface area contributed by atoms with Crippen LogP contribution >= 0.6 is 11.6 Å². The van der Waals surface area contributed by atoms with E-state index in [-0.39, 0.29) is 5.78 Å². The van der Waals surface area contributed by atoms with Crippen LogP contribution in [0.25, 0.3) is 0 Å². The van der Waals surface area contributed by atoms with Crippen molar-refractivity contribution in [3.63, 3.8) is 0 Å². The molecule has 0 bridgehead atoms. The second-order valence-electron chi connectivity index (χ2n) is 4.39. The van der Waals surface area contributed by atoms with Gasteiger partial charge in [0.25, 0.3) is 0 Å². The lowest BCUT2D eigenvalue weighted by atomic mass is 10.0. The van der Waals surface area contributed by atoms with E-state index in [0.29, 0.717) is 23.4 Å². The highest BCUT2D eigenvalue weighted by Crippen LogP contribution is 2.16. The number of imidazole rings is 1. The first kappa shape index (κ1) is 12.8. The predicted octanol–water partition coefficient (Wildman–Crippen LogP) is 3.20. The Morgan fingerprint density at radius 3 is 2.78 bits per heavy atom. The average Bonchev–Trinajstić information content (AvgIpc) is 2.70. The van der Waals surface area contributed by atoms with Gasteiger partial charge in [-0.1, -0.05) is 11.6 Å². The molecule has 4 heteroatoms. The first-order valence-electron chi connectivity index (χ1n) is 5.83. The van der Waals surface area contributed by atoms with Gasteiger partial charge in [-0.25, -0.2) is 4.98 Å². The maximum Gasteiger partial charge on any atom is 0.163 e. The molecule has 94 valence electrons. The molecule has 0 spiro atoms. The molecule has 0 saturated heterocycles. The number of benzene rings is 1. The lowest BCUT2D eigenvalue weighted by molar-refractivity contribution is 0.0982. The van der Waals surface area contributed by atoms with Crippen molar-refractivity contribution in [3.8, 4) is 0 Å². The second kappa shape index (κ2) is 5.36. The van der Waals surface area contributed by atoms with Gasteiger partial charge in [-0.05, 0) is 30.7 Å². The number of carbonyl (C=O) groups is 1. The predicted molar refractivity (Wildman–Crippen MR) is 72.0 cm³/mol. The number of aryl methyl sites for hydroxylation is 3. The smallest absolute Gasteiger partial charge is 0.163 e. The first-order chi connectivity index (χ1) is 8.56. The van der Waals surface area contributed by atoms with Crippen LogP contribution in [0.4, 0.5) is 0 Å². The summed E-state index contributed by atoms with van der Waals surface area (Å²) in [6.45, 7) is 1.93.